The number of ether oxygens (including phenoxy) is 1. The van der Waals surface area contributed by atoms with Gasteiger partial charge >= 0.3 is 5.97 Å². The van der Waals surface area contributed by atoms with Crippen molar-refractivity contribution in [2.45, 2.75) is 13.5 Å². The Hall–Kier alpha value is -3.68. The molecule has 1 heterocycles. The van der Waals surface area contributed by atoms with Gasteiger partial charge in [0.15, 0.2) is 12.4 Å². The number of nitrogen functional groups attached to an aromatic ring is 1. The van der Waals surface area contributed by atoms with Gasteiger partial charge in [-0.2, -0.15) is 15.0 Å². The fraction of sp³-hybridized carbons (Fsp3) is 0.200. The van der Waals surface area contributed by atoms with Crippen LogP contribution in [0.3, 0.4) is 0 Å². The van der Waals surface area contributed by atoms with E-state index >= 15 is 0 Å². The summed E-state index contributed by atoms with van der Waals surface area (Å²) in [6.07, 6.45) is 0. The Morgan fingerprint density at radius 2 is 1.89 bits per heavy atom. The van der Waals surface area contributed by atoms with Crippen LogP contribution >= 0.6 is 0 Å². The zero-order chi connectivity index (χ0) is 20.1. The number of anilines is 4. The van der Waals surface area contributed by atoms with Gasteiger partial charge < -0.3 is 20.7 Å². The van der Waals surface area contributed by atoms with Gasteiger partial charge in [0.1, 0.15) is 0 Å². The summed E-state index contributed by atoms with van der Waals surface area (Å²) in [6.45, 7) is 1.86. The van der Waals surface area contributed by atoms with E-state index in [1.807, 2.05) is 56.3 Å². The smallest absolute Gasteiger partial charge is 0.338 e. The number of carbonyl (C=O) groups is 1. The number of carbonyl (C=O) groups excluding carboxylic acids is 1. The molecule has 28 heavy (non-hydrogen) atoms. The van der Waals surface area contributed by atoms with E-state index in [0.717, 1.165) is 16.9 Å². The summed E-state index contributed by atoms with van der Waals surface area (Å²) in [7, 11) is 3.81. The first-order valence-electron chi connectivity index (χ1n) is 8.70. The van der Waals surface area contributed by atoms with Crippen molar-refractivity contribution in [1.82, 2.24) is 15.0 Å². The monoisotopic (exact) mass is 378 g/mol. The maximum absolute atomic E-state index is 12.3. The molecule has 0 aliphatic heterocycles. The van der Waals surface area contributed by atoms with Gasteiger partial charge in [0.05, 0.1) is 5.56 Å². The van der Waals surface area contributed by atoms with Crippen LogP contribution in [-0.4, -0.2) is 35.0 Å². The summed E-state index contributed by atoms with van der Waals surface area (Å²) in [5, 5.41) is 3.10. The Balaban J connectivity index is 1.71. The SMILES string of the molecule is Cc1ccccc1Nc1nc(N)nc(COC(=O)c2cccc(N(C)C)c2)n1. The van der Waals surface area contributed by atoms with E-state index in [-0.39, 0.29) is 18.4 Å². The van der Waals surface area contributed by atoms with Crippen LogP contribution < -0.4 is 16.0 Å². The van der Waals surface area contributed by atoms with Gasteiger partial charge in [-0.25, -0.2) is 4.79 Å². The number of nitrogens with two attached hydrogens (primary N) is 1. The predicted molar refractivity (Wildman–Crippen MR) is 109 cm³/mol. The second-order valence-electron chi connectivity index (χ2n) is 6.39. The van der Waals surface area contributed by atoms with Crippen LogP contribution in [0, 0.1) is 6.92 Å². The summed E-state index contributed by atoms with van der Waals surface area (Å²) in [4.78, 5) is 26.7. The summed E-state index contributed by atoms with van der Waals surface area (Å²) >= 11 is 0. The molecular formula is C20H22N6O2. The number of nitrogens with one attached hydrogen (secondary N) is 1. The largest absolute Gasteiger partial charge is 0.454 e. The van der Waals surface area contributed by atoms with Crippen LogP contribution in [-0.2, 0) is 11.3 Å². The van der Waals surface area contributed by atoms with Crippen LogP contribution in [0.5, 0.6) is 0 Å². The maximum Gasteiger partial charge on any atom is 0.338 e. The van der Waals surface area contributed by atoms with Crippen molar-refractivity contribution in [2.24, 2.45) is 0 Å². The number of esters is 1. The van der Waals surface area contributed by atoms with E-state index in [0.29, 0.717) is 11.5 Å². The second-order valence-corrected chi connectivity index (χ2v) is 6.39. The number of benzene rings is 2. The van der Waals surface area contributed by atoms with Crippen molar-refractivity contribution >= 4 is 29.2 Å². The Kier molecular flexibility index (Phi) is 5.69. The molecule has 0 saturated carbocycles. The molecule has 0 aliphatic rings. The zero-order valence-corrected chi connectivity index (χ0v) is 16.0. The molecule has 0 atom stereocenters. The number of para-hydroxylation sites is 1. The first-order valence-corrected chi connectivity index (χ1v) is 8.70. The molecule has 0 saturated heterocycles. The minimum atomic E-state index is -0.462. The fourth-order valence-electron chi connectivity index (χ4n) is 2.52. The van der Waals surface area contributed by atoms with Crippen molar-refractivity contribution in [3.05, 3.63) is 65.5 Å². The van der Waals surface area contributed by atoms with E-state index in [9.17, 15) is 4.79 Å². The van der Waals surface area contributed by atoms with Gasteiger partial charge in [0.2, 0.25) is 11.9 Å². The normalized spacial score (nSPS) is 10.4. The van der Waals surface area contributed by atoms with Crippen molar-refractivity contribution in [1.29, 1.82) is 0 Å². The van der Waals surface area contributed by atoms with Crippen molar-refractivity contribution in [2.75, 3.05) is 30.0 Å². The van der Waals surface area contributed by atoms with Crippen LogP contribution in [0.1, 0.15) is 21.7 Å². The third kappa shape index (κ3) is 4.73. The van der Waals surface area contributed by atoms with Crippen LogP contribution in [0.15, 0.2) is 48.5 Å². The molecule has 144 valence electrons. The third-order valence-electron chi connectivity index (χ3n) is 4.02. The van der Waals surface area contributed by atoms with Crippen molar-refractivity contribution in [3.8, 4) is 0 Å². The second kappa shape index (κ2) is 8.34. The molecular weight excluding hydrogens is 356 g/mol. The minimum absolute atomic E-state index is 0.0479. The third-order valence-corrected chi connectivity index (χ3v) is 4.02. The van der Waals surface area contributed by atoms with Crippen LogP contribution in [0.25, 0.3) is 0 Å². The van der Waals surface area contributed by atoms with Gasteiger partial charge in [0.25, 0.3) is 0 Å². The molecule has 0 unspecified atom stereocenters. The highest BCUT2D eigenvalue weighted by atomic mass is 16.5. The summed E-state index contributed by atoms with van der Waals surface area (Å²) in [5.74, 6) is 0.144. The average Bonchev–Trinajstić information content (AvgIpc) is 2.67. The quantitative estimate of drug-likeness (QED) is 0.631. The maximum atomic E-state index is 12.3. The molecule has 0 amide bonds. The van der Waals surface area contributed by atoms with Crippen LogP contribution in [0.2, 0.25) is 0 Å². The van der Waals surface area contributed by atoms with Gasteiger partial charge in [-0.15, -0.1) is 0 Å². The molecule has 0 fully saturated rings. The van der Waals surface area contributed by atoms with E-state index in [4.69, 9.17) is 10.5 Å². The number of rotatable bonds is 6. The molecule has 3 aromatic rings. The van der Waals surface area contributed by atoms with E-state index in [1.165, 1.54) is 0 Å². The molecule has 3 N–H and O–H groups in total. The Morgan fingerprint density at radius 3 is 2.64 bits per heavy atom. The fourth-order valence-corrected chi connectivity index (χ4v) is 2.52. The number of nitrogens with zero attached hydrogens (tertiary/aromatic N) is 4. The average molecular weight is 378 g/mol. The lowest BCUT2D eigenvalue weighted by atomic mass is 10.2. The molecule has 0 spiro atoms. The molecule has 0 radical (unpaired) electrons. The first kappa shape index (κ1) is 19.1. The van der Waals surface area contributed by atoms with Crippen LogP contribution in [0.4, 0.5) is 23.3 Å². The molecule has 1 aromatic heterocycles. The molecule has 8 heteroatoms. The number of hydrogen-bond acceptors (Lipinski definition) is 8. The Labute approximate surface area is 163 Å². The highest BCUT2D eigenvalue weighted by Gasteiger charge is 2.12. The van der Waals surface area contributed by atoms with Gasteiger partial charge in [0, 0.05) is 25.5 Å². The number of hydrogen-bond donors (Lipinski definition) is 2. The van der Waals surface area contributed by atoms with Gasteiger partial charge in [-0.1, -0.05) is 24.3 Å². The van der Waals surface area contributed by atoms with E-state index in [2.05, 4.69) is 20.3 Å². The topological polar surface area (TPSA) is 106 Å². The molecule has 0 bridgehead atoms. The number of aromatic nitrogens is 3. The van der Waals surface area contributed by atoms with E-state index in [1.54, 1.807) is 18.2 Å². The lowest BCUT2D eigenvalue weighted by Gasteiger charge is -2.13. The zero-order valence-electron chi connectivity index (χ0n) is 16.0. The van der Waals surface area contributed by atoms with Crippen molar-refractivity contribution < 1.29 is 9.53 Å². The molecule has 2 aromatic carbocycles. The molecule has 0 aliphatic carbocycles. The van der Waals surface area contributed by atoms with Crippen molar-refractivity contribution in [3.63, 3.8) is 0 Å². The standard InChI is InChI=1S/C20H22N6O2/c1-13-7-4-5-10-16(13)22-20-24-17(23-19(21)25-20)12-28-18(27)14-8-6-9-15(11-14)26(2)3/h4-11H,12H2,1-3H3,(H3,21,22,23,24,25). The summed E-state index contributed by atoms with van der Waals surface area (Å²) in [6, 6.07) is 14.9. The lowest BCUT2D eigenvalue weighted by Crippen LogP contribution is -2.13. The van der Waals surface area contributed by atoms with Gasteiger partial charge in [-0.3, -0.25) is 0 Å². The first-order chi connectivity index (χ1) is 13.4. The van der Waals surface area contributed by atoms with Gasteiger partial charge in [-0.05, 0) is 36.8 Å². The minimum Gasteiger partial charge on any atom is -0.454 e. The highest BCUT2D eigenvalue weighted by Crippen LogP contribution is 2.18. The van der Waals surface area contributed by atoms with E-state index < -0.39 is 5.97 Å². The Bertz CT molecular complexity index is 990. The highest BCUT2D eigenvalue weighted by molar-refractivity contribution is 5.90. The number of aryl methyl sites for hydroxylation is 1. The Morgan fingerprint density at radius 1 is 1.11 bits per heavy atom. The molecule has 8 nitrogen and oxygen atoms in total. The summed E-state index contributed by atoms with van der Waals surface area (Å²) < 4.78 is 5.34. The lowest BCUT2D eigenvalue weighted by molar-refractivity contribution is 0.0462. The predicted octanol–water partition coefficient (Wildman–Crippen LogP) is 2.93. The molecule has 3 rings (SSSR count). The summed E-state index contributed by atoms with van der Waals surface area (Å²) in [5.41, 5.74) is 9.03.